The van der Waals surface area contributed by atoms with Gasteiger partial charge >= 0.3 is 0 Å². The van der Waals surface area contributed by atoms with E-state index in [1.807, 2.05) is 31.2 Å². The summed E-state index contributed by atoms with van der Waals surface area (Å²) < 4.78 is 28.7. The topological polar surface area (TPSA) is 106 Å². The van der Waals surface area contributed by atoms with Gasteiger partial charge in [-0.15, -0.1) is 10.2 Å². The van der Waals surface area contributed by atoms with Gasteiger partial charge in [0.25, 0.3) is 5.22 Å². The highest BCUT2D eigenvalue weighted by molar-refractivity contribution is 8.00. The molecule has 1 fully saturated rings. The molecule has 7 nitrogen and oxygen atoms in total. The van der Waals surface area contributed by atoms with Crippen molar-refractivity contribution in [2.45, 2.75) is 30.2 Å². The molecule has 0 unspecified atom stereocenters. The first-order valence-electron chi connectivity index (χ1n) is 8.71. The number of aromatic nitrogens is 3. The summed E-state index contributed by atoms with van der Waals surface area (Å²) in [5, 5.41) is 8.83. The predicted molar refractivity (Wildman–Crippen MR) is 103 cm³/mol. The molecule has 1 N–H and O–H groups in total. The Balaban J connectivity index is 1.42. The molecule has 0 radical (unpaired) electrons. The van der Waals surface area contributed by atoms with E-state index >= 15 is 0 Å². The molecule has 1 saturated heterocycles. The zero-order chi connectivity index (χ0) is 19.0. The van der Waals surface area contributed by atoms with Gasteiger partial charge in [0.05, 0.1) is 16.8 Å². The molecule has 0 amide bonds. The molecule has 27 heavy (non-hydrogen) atoms. The quantitative estimate of drug-likeness (QED) is 0.496. The molecule has 0 aliphatic carbocycles. The molecule has 1 aromatic carbocycles. The number of hydrogen-bond acceptors (Lipinski definition) is 7. The number of nitrogens with one attached hydrogen (secondary N) is 1. The Hall–Kier alpha value is -2.13. The predicted octanol–water partition coefficient (Wildman–Crippen LogP) is 2.89. The molecule has 1 aliphatic rings. The molecule has 2 aromatic heterocycles. The number of ketones is 1. The minimum atomic E-state index is -2.92. The van der Waals surface area contributed by atoms with Gasteiger partial charge in [-0.25, -0.2) is 8.42 Å². The first-order chi connectivity index (χ1) is 12.9. The van der Waals surface area contributed by atoms with Gasteiger partial charge < -0.3 is 9.40 Å². The Bertz CT molecular complexity index is 1090. The van der Waals surface area contributed by atoms with Crippen molar-refractivity contribution in [2.75, 3.05) is 11.5 Å². The van der Waals surface area contributed by atoms with Crippen LogP contribution in [0.25, 0.3) is 10.9 Å². The summed E-state index contributed by atoms with van der Waals surface area (Å²) in [6, 6.07) is 7.66. The first kappa shape index (κ1) is 18.2. The van der Waals surface area contributed by atoms with E-state index in [4.69, 9.17) is 4.42 Å². The molecule has 3 aromatic rings. The van der Waals surface area contributed by atoms with Gasteiger partial charge in [0.2, 0.25) is 5.89 Å². The summed E-state index contributed by atoms with van der Waals surface area (Å²) >= 11 is 1.22. The smallest absolute Gasteiger partial charge is 0.277 e. The fraction of sp³-hybridized carbons (Fsp3) is 0.389. The number of fused-ring (bicyclic) bond motifs is 1. The standard InChI is InChI=1S/C18H19N3O4S2/c1-11(17(22)14-9-19-15-5-3-2-4-13(14)15)26-18-21-20-16(25-18)8-12-6-7-27(23,24)10-12/h2-5,9,11-12,19H,6-8,10H2,1H3/t11-,12+/m0/s1. The van der Waals surface area contributed by atoms with Crippen LogP contribution in [0.3, 0.4) is 0 Å². The van der Waals surface area contributed by atoms with Crippen LogP contribution in [0.4, 0.5) is 0 Å². The van der Waals surface area contributed by atoms with Crippen LogP contribution in [0.5, 0.6) is 0 Å². The van der Waals surface area contributed by atoms with Crippen molar-refractivity contribution in [1.82, 2.24) is 15.2 Å². The highest BCUT2D eigenvalue weighted by Crippen LogP contribution is 2.29. The van der Waals surface area contributed by atoms with Gasteiger partial charge in [-0.3, -0.25) is 4.79 Å². The number of Topliss-reactive ketones (excluding diaryl/α,β-unsaturated/α-hetero) is 1. The summed E-state index contributed by atoms with van der Waals surface area (Å²) in [6.45, 7) is 1.81. The number of aromatic amines is 1. The second-order valence-corrected chi connectivity index (χ2v) is 10.3. The minimum absolute atomic E-state index is 0.0147. The third-order valence-electron chi connectivity index (χ3n) is 4.74. The molecule has 142 valence electrons. The molecule has 0 saturated carbocycles. The minimum Gasteiger partial charge on any atom is -0.416 e. The molecule has 1 aliphatic heterocycles. The number of thioether (sulfide) groups is 1. The maximum atomic E-state index is 12.8. The fourth-order valence-electron chi connectivity index (χ4n) is 3.35. The summed E-state index contributed by atoms with van der Waals surface area (Å²) in [7, 11) is -2.92. The van der Waals surface area contributed by atoms with Crippen LogP contribution >= 0.6 is 11.8 Å². The summed E-state index contributed by atoms with van der Waals surface area (Å²) in [5.41, 5.74) is 1.56. The number of hydrogen-bond donors (Lipinski definition) is 1. The van der Waals surface area contributed by atoms with Gasteiger partial charge in [-0.1, -0.05) is 30.0 Å². The fourth-order valence-corrected chi connectivity index (χ4v) is 5.98. The van der Waals surface area contributed by atoms with E-state index in [0.717, 1.165) is 10.9 Å². The number of sulfone groups is 1. The van der Waals surface area contributed by atoms with Crippen molar-refractivity contribution in [3.05, 3.63) is 41.9 Å². The van der Waals surface area contributed by atoms with Crippen molar-refractivity contribution in [3.8, 4) is 0 Å². The number of carbonyl (C=O) groups is 1. The van der Waals surface area contributed by atoms with Crippen LogP contribution in [0.15, 0.2) is 40.1 Å². The Morgan fingerprint density at radius 2 is 2.19 bits per heavy atom. The second-order valence-electron chi connectivity index (χ2n) is 6.81. The molecule has 0 bridgehead atoms. The first-order valence-corrected chi connectivity index (χ1v) is 11.4. The van der Waals surface area contributed by atoms with E-state index in [2.05, 4.69) is 15.2 Å². The number of nitrogens with zero attached hydrogens (tertiary/aromatic N) is 2. The lowest BCUT2D eigenvalue weighted by Crippen LogP contribution is -2.13. The third-order valence-corrected chi connectivity index (χ3v) is 7.51. The summed E-state index contributed by atoms with van der Waals surface area (Å²) in [6.07, 6.45) is 2.81. The summed E-state index contributed by atoms with van der Waals surface area (Å²) in [4.78, 5) is 15.9. The lowest BCUT2D eigenvalue weighted by Gasteiger charge is -2.06. The maximum absolute atomic E-state index is 12.8. The van der Waals surface area contributed by atoms with Crippen molar-refractivity contribution in [3.63, 3.8) is 0 Å². The number of carbonyl (C=O) groups excluding carboxylic acids is 1. The van der Waals surface area contributed by atoms with Crippen molar-refractivity contribution >= 4 is 38.3 Å². The van der Waals surface area contributed by atoms with Crippen LogP contribution < -0.4 is 0 Å². The monoisotopic (exact) mass is 405 g/mol. The van der Waals surface area contributed by atoms with E-state index < -0.39 is 9.84 Å². The van der Waals surface area contributed by atoms with E-state index in [1.54, 1.807) is 6.20 Å². The van der Waals surface area contributed by atoms with E-state index in [1.165, 1.54) is 11.8 Å². The molecule has 0 spiro atoms. The number of benzene rings is 1. The Morgan fingerprint density at radius 3 is 2.96 bits per heavy atom. The van der Waals surface area contributed by atoms with Gasteiger partial charge in [0, 0.05) is 29.1 Å². The number of para-hydroxylation sites is 1. The van der Waals surface area contributed by atoms with Crippen molar-refractivity contribution in [2.24, 2.45) is 5.92 Å². The molecular formula is C18H19N3O4S2. The van der Waals surface area contributed by atoms with E-state index in [-0.39, 0.29) is 28.5 Å². The van der Waals surface area contributed by atoms with Gasteiger partial charge in [-0.2, -0.15) is 0 Å². The molecule has 2 atom stereocenters. The maximum Gasteiger partial charge on any atom is 0.277 e. The van der Waals surface area contributed by atoms with Gasteiger partial charge in [0.1, 0.15) is 0 Å². The summed E-state index contributed by atoms with van der Waals surface area (Å²) in [5.74, 6) is 0.834. The Labute approximate surface area is 160 Å². The van der Waals surface area contributed by atoms with Crippen molar-refractivity contribution in [1.29, 1.82) is 0 Å². The van der Waals surface area contributed by atoms with Crippen LogP contribution in [-0.2, 0) is 16.3 Å². The number of rotatable bonds is 6. The zero-order valence-corrected chi connectivity index (χ0v) is 16.3. The normalized spacial score (nSPS) is 20.1. The van der Waals surface area contributed by atoms with Crippen LogP contribution in [-0.4, -0.2) is 46.1 Å². The van der Waals surface area contributed by atoms with Crippen LogP contribution in [0.2, 0.25) is 0 Å². The van der Waals surface area contributed by atoms with E-state index in [9.17, 15) is 13.2 Å². The third kappa shape index (κ3) is 3.93. The lowest BCUT2D eigenvalue weighted by molar-refractivity contribution is 0.0995. The van der Waals surface area contributed by atoms with Crippen molar-refractivity contribution < 1.29 is 17.6 Å². The number of H-pyrrole nitrogens is 1. The SMILES string of the molecule is C[C@H](Sc1nnc(C[C@H]2CCS(=O)(=O)C2)o1)C(=O)c1c[nH]c2ccccc12. The Kier molecular flexibility index (Phi) is 4.81. The van der Waals surface area contributed by atoms with Crippen LogP contribution in [0.1, 0.15) is 29.6 Å². The average molecular weight is 406 g/mol. The van der Waals surface area contributed by atoms with Gasteiger partial charge in [-0.05, 0) is 25.3 Å². The Morgan fingerprint density at radius 1 is 1.37 bits per heavy atom. The second kappa shape index (κ2) is 7.12. The largest absolute Gasteiger partial charge is 0.416 e. The molecular weight excluding hydrogens is 386 g/mol. The molecule has 4 rings (SSSR count). The van der Waals surface area contributed by atoms with Gasteiger partial charge in [0.15, 0.2) is 15.6 Å². The highest BCUT2D eigenvalue weighted by atomic mass is 32.2. The highest BCUT2D eigenvalue weighted by Gasteiger charge is 2.29. The lowest BCUT2D eigenvalue weighted by atomic mass is 10.1. The average Bonchev–Trinajstić information content (AvgIpc) is 3.33. The van der Waals surface area contributed by atoms with Crippen LogP contribution in [0, 0.1) is 5.92 Å². The molecule has 3 heterocycles. The zero-order valence-electron chi connectivity index (χ0n) is 14.7. The van der Waals surface area contributed by atoms with E-state index in [0.29, 0.717) is 29.5 Å². The molecule has 9 heteroatoms.